The zero-order valence-corrected chi connectivity index (χ0v) is 34.4. The van der Waals surface area contributed by atoms with Crippen LogP contribution >= 0.6 is 0 Å². The number of carbonyl (C=O) groups is 5. The topological polar surface area (TPSA) is 167 Å². The van der Waals surface area contributed by atoms with Crippen molar-refractivity contribution in [3.05, 3.63) is 94.9 Å². The second-order valence-electron chi connectivity index (χ2n) is 16.3. The van der Waals surface area contributed by atoms with E-state index in [0.717, 1.165) is 28.4 Å². The number of carbonyl (C=O) groups excluding carboxylic acids is 5. The molecule has 2 aromatic carbocycles. The van der Waals surface area contributed by atoms with E-state index in [2.05, 4.69) is 44.2 Å². The average Bonchev–Trinajstić information content (AvgIpc) is 3.49. The Balaban J connectivity index is 0.933. The Morgan fingerprint density at radius 2 is 1.69 bits per heavy atom. The molecule has 2 aromatic heterocycles. The first kappa shape index (κ1) is 42.3. The summed E-state index contributed by atoms with van der Waals surface area (Å²) in [7, 11) is 0. The minimum atomic E-state index is -4.59. The fourth-order valence-electron chi connectivity index (χ4n) is 8.40. The zero-order chi connectivity index (χ0) is 43.9. The third kappa shape index (κ3) is 8.56. The number of benzene rings is 2. The molecule has 4 aromatic rings. The third-order valence-corrected chi connectivity index (χ3v) is 11.8. The van der Waals surface area contributed by atoms with Crippen LogP contribution in [0.1, 0.15) is 69.0 Å². The summed E-state index contributed by atoms with van der Waals surface area (Å²) in [6, 6.07) is 12.0. The highest BCUT2D eigenvalue weighted by atomic mass is 19.4. The second-order valence-corrected chi connectivity index (χ2v) is 16.3. The van der Waals surface area contributed by atoms with Gasteiger partial charge in [0, 0.05) is 85.5 Å². The Morgan fingerprint density at radius 1 is 0.919 bits per heavy atom. The number of amides is 5. The number of nitrogens with one attached hydrogen (secondary N) is 2. The molecule has 3 fully saturated rings. The van der Waals surface area contributed by atoms with E-state index in [0.29, 0.717) is 87.5 Å². The molecule has 18 heteroatoms. The maximum atomic E-state index is 13.5. The van der Waals surface area contributed by atoms with Crippen LogP contribution in [0.2, 0.25) is 0 Å². The quantitative estimate of drug-likeness (QED) is 0.207. The molecule has 0 bridgehead atoms. The largest absolute Gasteiger partial charge is 0.475 e. The zero-order valence-electron chi connectivity index (χ0n) is 34.4. The standard InChI is InChI=1S/C44H45F3N8O7/c1-26-33(21-30(24-48-26)50-38(57)27-5-4-6-29(19-27)44(45,46)47)28-20-36(52-13-16-61-17-14-52)40(49-23-28)62-18-15-54-12-11-53(25-43(54,2)3)31-7-8-32-34(22-31)42(60)55(41(32)59)35-9-10-37(56)51-39(35)58/h4-8,19-24,35H,9-18,25H2,1-3H3,(H,50,57)(H,51,56,58). The smallest absolute Gasteiger partial charge is 0.416 e. The number of aromatic nitrogens is 2. The number of pyridine rings is 2. The summed E-state index contributed by atoms with van der Waals surface area (Å²) in [5.41, 5.74) is 2.97. The SMILES string of the molecule is Cc1ncc(NC(=O)c2cccc(C(F)(F)F)c2)cc1-c1cnc(OCCN2CCN(c3ccc4c(c3)C(=O)N(C3CCC(=O)NC3=O)C4=O)CC2(C)C)c(N2CCOCC2)c1. The summed E-state index contributed by atoms with van der Waals surface area (Å²) in [4.78, 5) is 80.8. The van der Waals surface area contributed by atoms with Crippen LogP contribution in [-0.2, 0) is 20.5 Å². The molecule has 5 amide bonds. The van der Waals surface area contributed by atoms with Crippen LogP contribution in [0.5, 0.6) is 5.88 Å². The van der Waals surface area contributed by atoms with Crippen LogP contribution in [0.25, 0.3) is 11.1 Å². The summed E-state index contributed by atoms with van der Waals surface area (Å²) < 4.78 is 51.9. The number of alkyl halides is 3. The molecule has 15 nitrogen and oxygen atoms in total. The van der Waals surface area contributed by atoms with Gasteiger partial charge >= 0.3 is 6.18 Å². The van der Waals surface area contributed by atoms with Crippen molar-refractivity contribution in [2.45, 2.75) is 51.4 Å². The second kappa shape index (κ2) is 16.8. The number of ether oxygens (including phenoxy) is 2. The lowest BCUT2D eigenvalue weighted by Crippen LogP contribution is -2.60. The van der Waals surface area contributed by atoms with Gasteiger partial charge in [-0.3, -0.25) is 44.1 Å². The van der Waals surface area contributed by atoms with Gasteiger partial charge in [0.15, 0.2) is 0 Å². The van der Waals surface area contributed by atoms with E-state index in [1.807, 2.05) is 19.1 Å². The maximum Gasteiger partial charge on any atom is 0.416 e. The van der Waals surface area contributed by atoms with Crippen LogP contribution < -0.4 is 25.2 Å². The minimum Gasteiger partial charge on any atom is -0.475 e. The predicted octanol–water partition coefficient (Wildman–Crippen LogP) is 4.94. The number of morpholine rings is 1. The van der Waals surface area contributed by atoms with Gasteiger partial charge in [-0.15, -0.1) is 0 Å². The van der Waals surface area contributed by atoms with Crippen LogP contribution in [0.3, 0.4) is 0 Å². The van der Waals surface area contributed by atoms with E-state index in [4.69, 9.17) is 14.5 Å². The van der Waals surface area contributed by atoms with E-state index >= 15 is 0 Å². The van der Waals surface area contributed by atoms with Gasteiger partial charge in [0.25, 0.3) is 17.7 Å². The Labute approximate surface area is 355 Å². The molecule has 324 valence electrons. The molecule has 0 saturated carbocycles. The van der Waals surface area contributed by atoms with Crippen molar-refractivity contribution < 1.29 is 46.6 Å². The van der Waals surface area contributed by atoms with Crippen molar-refractivity contribution >= 4 is 46.6 Å². The number of hydrogen-bond donors (Lipinski definition) is 2. The van der Waals surface area contributed by atoms with Gasteiger partial charge in [0.05, 0.1) is 41.8 Å². The number of hydrogen-bond acceptors (Lipinski definition) is 12. The van der Waals surface area contributed by atoms with E-state index in [1.54, 1.807) is 24.4 Å². The van der Waals surface area contributed by atoms with E-state index in [9.17, 15) is 37.1 Å². The number of fused-ring (bicyclic) bond motifs is 1. The van der Waals surface area contributed by atoms with Gasteiger partial charge < -0.3 is 24.6 Å². The lowest BCUT2D eigenvalue weighted by molar-refractivity contribution is -0.138. The third-order valence-electron chi connectivity index (χ3n) is 11.8. The molecule has 4 aliphatic heterocycles. The summed E-state index contributed by atoms with van der Waals surface area (Å²) >= 11 is 0. The molecule has 1 unspecified atom stereocenters. The van der Waals surface area contributed by atoms with Gasteiger partial charge in [-0.25, -0.2) is 4.98 Å². The van der Waals surface area contributed by atoms with E-state index in [1.165, 1.54) is 18.3 Å². The number of imide groups is 2. The first-order valence-electron chi connectivity index (χ1n) is 20.3. The van der Waals surface area contributed by atoms with Crippen LogP contribution in [0.4, 0.5) is 30.2 Å². The van der Waals surface area contributed by atoms with E-state index in [-0.39, 0.29) is 35.1 Å². The first-order chi connectivity index (χ1) is 29.6. The van der Waals surface area contributed by atoms with Gasteiger partial charge in [0.2, 0.25) is 17.7 Å². The summed E-state index contributed by atoms with van der Waals surface area (Å²) in [5, 5.41) is 4.90. The Bertz CT molecular complexity index is 2460. The number of piperazine rings is 1. The Morgan fingerprint density at radius 3 is 2.44 bits per heavy atom. The lowest BCUT2D eigenvalue weighted by Gasteiger charge is -2.48. The summed E-state index contributed by atoms with van der Waals surface area (Å²) in [6.45, 7) is 11.2. The fraction of sp³-hybridized carbons (Fsp3) is 0.386. The molecule has 4 aliphatic rings. The normalized spacial score (nSPS) is 19.4. The molecule has 0 spiro atoms. The average molecular weight is 855 g/mol. The molecule has 1 atom stereocenters. The van der Waals surface area contributed by atoms with Gasteiger partial charge in [-0.05, 0) is 75.7 Å². The molecule has 6 heterocycles. The predicted molar refractivity (Wildman–Crippen MR) is 221 cm³/mol. The van der Waals surface area contributed by atoms with Crippen molar-refractivity contribution in [3.8, 4) is 17.0 Å². The fourth-order valence-corrected chi connectivity index (χ4v) is 8.40. The van der Waals surface area contributed by atoms with Crippen LogP contribution in [0, 0.1) is 6.92 Å². The lowest BCUT2D eigenvalue weighted by atomic mass is 9.97. The van der Waals surface area contributed by atoms with Crippen LogP contribution in [0.15, 0.2) is 67.0 Å². The van der Waals surface area contributed by atoms with Gasteiger partial charge in [-0.2, -0.15) is 13.2 Å². The molecule has 2 N–H and O–H groups in total. The number of anilines is 3. The Hall–Kier alpha value is -6.40. The number of aryl methyl sites for hydroxylation is 1. The van der Waals surface area contributed by atoms with E-state index < -0.39 is 47.3 Å². The molecular formula is C44H45F3N8O7. The number of rotatable bonds is 10. The minimum absolute atomic E-state index is 0.0500. The molecule has 0 aliphatic carbocycles. The molecule has 0 radical (unpaired) electrons. The monoisotopic (exact) mass is 854 g/mol. The van der Waals surface area contributed by atoms with Gasteiger partial charge in [0.1, 0.15) is 18.3 Å². The first-order valence-corrected chi connectivity index (χ1v) is 20.3. The molecule has 62 heavy (non-hydrogen) atoms. The highest BCUT2D eigenvalue weighted by Crippen LogP contribution is 2.36. The highest BCUT2D eigenvalue weighted by molar-refractivity contribution is 6.23. The van der Waals surface area contributed by atoms with Crippen molar-refractivity contribution in [3.63, 3.8) is 0 Å². The molecule has 8 rings (SSSR count). The Kier molecular flexibility index (Phi) is 11.5. The molecule has 3 saturated heterocycles. The van der Waals surface area contributed by atoms with Gasteiger partial charge in [-0.1, -0.05) is 6.07 Å². The van der Waals surface area contributed by atoms with Crippen molar-refractivity contribution in [1.82, 2.24) is 25.1 Å². The van der Waals surface area contributed by atoms with Crippen molar-refractivity contribution in [1.29, 1.82) is 0 Å². The summed E-state index contributed by atoms with van der Waals surface area (Å²) in [5.74, 6) is -2.43. The highest BCUT2D eigenvalue weighted by Gasteiger charge is 2.45. The van der Waals surface area contributed by atoms with Crippen LogP contribution in [-0.4, -0.2) is 120 Å². The van der Waals surface area contributed by atoms with Crippen molar-refractivity contribution in [2.24, 2.45) is 0 Å². The number of piperidine rings is 1. The summed E-state index contributed by atoms with van der Waals surface area (Å²) in [6.07, 6.45) is -1.33. The number of nitrogens with zero attached hydrogens (tertiary/aromatic N) is 6. The number of halogens is 3. The maximum absolute atomic E-state index is 13.5. The molecular weight excluding hydrogens is 810 g/mol. The van der Waals surface area contributed by atoms with Crippen molar-refractivity contribution in [2.75, 3.05) is 74.2 Å².